The molecule has 0 aromatic heterocycles. The number of rotatable bonds is 5. The van der Waals surface area contributed by atoms with Crippen LogP contribution in [0.3, 0.4) is 0 Å². The van der Waals surface area contributed by atoms with Crippen LogP contribution in [0.25, 0.3) is 0 Å². The Hall–Kier alpha value is -2.43. The highest BCUT2D eigenvalue weighted by Gasteiger charge is 2.23. The number of carbonyl (C=O) groups excluding carboxylic acids is 2. The van der Waals surface area contributed by atoms with E-state index >= 15 is 0 Å². The van der Waals surface area contributed by atoms with Gasteiger partial charge in [0.25, 0.3) is 5.91 Å². The Labute approximate surface area is 167 Å². The molecule has 0 aliphatic carbocycles. The van der Waals surface area contributed by atoms with Crippen LogP contribution < -0.4 is 10.6 Å². The van der Waals surface area contributed by atoms with E-state index in [0.29, 0.717) is 48.3 Å². The van der Waals surface area contributed by atoms with Crippen LogP contribution in [-0.4, -0.2) is 42.6 Å². The van der Waals surface area contributed by atoms with E-state index in [9.17, 15) is 14.9 Å². The molecule has 0 saturated carbocycles. The van der Waals surface area contributed by atoms with Gasteiger partial charge >= 0.3 is 6.09 Å². The lowest BCUT2D eigenvalue weighted by molar-refractivity contribution is -0.112. The summed E-state index contributed by atoms with van der Waals surface area (Å²) >= 11 is 11.9. The first kappa shape index (κ1) is 20.9. The normalized spacial score (nSPS) is 15.0. The zero-order chi connectivity index (χ0) is 19.8. The first-order chi connectivity index (χ1) is 12.9. The van der Waals surface area contributed by atoms with Crippen molar-refractivity contribution in [1.82, 2.24) is 10.2 Å². The highest BCUT2D eigenvalue weighted by atomic mass is 35.5. The quantitative estimate of drug-likeness (QED) is 0.571. The summed E-state index contributed by atoms with van der Waals surface area (Å²) in [6, 6.07) is 6.59. The number of nitriles is 1. The van der Waals surface area contributed by atoms with Gasteiger partial charge in [0, 0.05) is 30.4 Å². The Kier molecular flexibility index (Phi) is 7.77. The number of carbonyl (C=O) groups is 2. The standard InChI is InChI=1S/C18H20Cl2N4O3/c1-2-27-18(26)24-7-5-14(6-8-24)22-11-12(10-21)17(25)23-16-9-13(19)3-4-15(16)20/h3-4,9,11,14,22H,2,5-8H2,1H3,(H,23,25)/b12-11-. The topological polar surface area (TPSA) is 94.5 Å². The molecule has 1 saturated heterocycles. The van der Waals surface area contributed by atoms with E-state index in [1.165, 1.54) is 12.3 Å². The molecule has 0 unspecified atom stereocenters. The Morgan fingerprint density at radius 2 is 2.07 bits per heavy atom. The third-order valence-electron chi connectivity index (χ3n) is 4.03. The number of halogens is 2. The van der Waals surface area contributed by atoms with E-state index in [1.807, 2.05) is 6.07 Å². The van der Waals surface area contributed by atoms with Gasteiger partial charge in [0.1, 0.15) is 11.6 Å². The minimum absolute atomic E-state index is 0.0570. The SMILES string of the molecule is CCOC(=O)N1CCC(N/C=C(/C#N)C(=O)Nc2cc(Cl)ccc2Cl)CC1. The lowest BCUT2D eigenvalue weighted by Gasteiger charge is -2.31. The summed E-state index contributed by atoms with van der Waals surface area (Å²) in [5, 5.41) is 15.6. The summed E-state index contributed by atoms with van der Waals surface area (Å²) in [6.45, 7) is 3.21. The van der Waals surface area contributed by atoms with E-state index in [4.69, 9.17) is 27.9 Å². The summed E-state index contributed by atoms with van der Waals surface area (Å²) in [5.41, 5.74) is 0.247. The minimum atomic E-state index is -0.585. The predicted octanol–water partition coefficient (Wildman–Crippen LogP) is 3.55. The molecule has 0 atom stereocenters. The molecule has 0 radical (unpaired) electrons. The second-order valence-electron chi connectivity index (χ2n) is 5.88. The van der Waals surface area contributed by atoms with Gasteiger partial charge in [-0.05, 0) is 38.0 Å². The van der Waals surface area contributed by atoms with Gasteiger partial charge in [0.2, 0.25) is 0 Å². The molecule has 2 amide bonds. The number of nitrogens with zero attached hydrogens (tertiary/aromatic N) is 2. The van der Waals surface area contributed by atoms with Crippen LogP contribution in [0.2, 0.25) is 10.0 Å². The van der Waals surface area contributed by atoms with Gasteiger partial charge in [-0.25, -0.2) is 4.79 Å². The van der Waals surface area contributed by atoms with Crippen molar-refractivity contribution in [2.75, 3.05) is 25.0 Å². The first-order valence-electron chi connectivity index (χ1n) is 8.49. The molecule has 1 aliphatic rings. The number of hydrogen-bond donors (Lipinski definition) is 2. The molecule has 1 aliphatic heterocycles. The maximum absolute atomic E-state index is 12.3. The van der Waals surface area contributed by atoms with E-state index in [0.717, 1.165) is 0 Å². The lowest BCUT2D eigenvalue weighted by Crippen LogP contribution is -2.44. The van der Waals surface area contributed by atoms with Crippen molar-refractivity contribution in [3.05, 3.63) is 40.0 Å². The summed E-state index contributed by atoms with van der Waals surface area (Å²) in [4.78, 5) is 25.6. The smallest absolute Gasteiger partial charge is 0.409 e. The monoisotopic (exact) mass is 410 g/mol. The van der Waals surface area contributed by atoms with E-state index < -0.39 is 5.91 Å². The Morgan fingerprint density at radius 1 is 1.37 bits per heavy atom. The van der Waals surface area contributed by atoms with Gasteiger partial charge in [-0.1, -0.05) is 23.2 Å². The zero-order valence-electron chi connectivity index (χ0n) is 14.8. The van der Waals surface area contributed by atoms with Crippen molar-refractivity contribution in [1.29, 1.82) is 5.26 Å². The molecular weight excluding hydrogens is 391 g/mol. The number of hydrogen-bond acceptors (Lipinski definition) is 5. The zero-order valence-corrected chi connectivity index (χ0v) is 16.3. The molecule has 2 N–H and O–H groups in total. The summed E-state index contributed by atoms with van der Waals surface area (Å²) in [6.07, 6.45) is 2.45. The molecular formula is C18H20Cl2N4O3. The number of anilines is 1. The van der Waals surface area contributed by atoms with Crippen LogP contribution in [0.1, 0.15) is 19.8 Å². The first-order valence-corrected chi connectivity index (χ1v) is 9.24. The van der Waals surface area contributed by atoms with Crippen molar-refractivity contribution in [3.63, 3.8) is 0 Å². The Balaban J connectivity index is 1.91. The average molecular weight is 411 g/mol. The molecule has 1 fully saturated rings. The lowest BCUT2D eigenvalue weighted by atomic mass is 10.1. The average Bonchev–Trinajstić information content (AvgIpc) is 2.66. The van der Waals surface area contributed by atoms with Crippen LogP contribution in [0.4, 0.5) is 10.5 Å². The van der Waals surface area contributed by atoms with Gasteiger partial charge in [-0.2, -0.15) is 5.26 Å². The molecule has 0 bridgehead atoms. The number of benzene rings is 1. The Morgan fingerprint density at radius 3 is 2.70 bits per heavy atom. The number of nitrogens with one attached hydrogen (secondary N) is 2. The highest BCUT2D eigenvalue weighted by molar-refractivity contribution is 6.35. The van der Waals surface area contributed by atoms with Crippen molar-refractivity contribution >= 4 is 40.9 Å². The third-order valence-corrected chi connectivity index (χ3v) is 4.59. The predicted molar refractivity (Wildman–Crippen MR) is 104 cm³/mol. The highest BCUT2D eigenvalue weighted by Crippen LogP contribution is 2.25. The molecule has 2 rings (SSSR count). The third kappa shape index (κ3) is 6.05. The molecule has 1 heterocycles. The second kappa shape index (κ2) is 10.0. The van der Waals surface area contributed by atoms with Crippen LogP contribution in [0.15, 0.2) is 30.0 Å². The molecule has 9 heteroatoms. The van der Waals surface area contributed by atoms with Crippen molar-refractivity contribution in [2.45, 2.75) is 25.8 Å². The van der Waals surface area contributed by atoms with Crippen molar-refractivity contribution < 1.29 is 14.3 Å². The molecule has 1 aromatic rings. The van der Waals surface area contributed by atoms with Gasteiger partial charge in [0.05, 0.1) is 17.3 Å². The molecule has 7 nitrogen and oxygen atoms in total. The second-order valence-corrected chi connectivity index (χ2v) is 6.72. The van der Waals surface area contributed by atoms with Crippen LogP contribution in [-0.2, 0) is 9.53 Å². The number of likely N-dealkylation sites (tertiary alicyclic amines) is 1. The molecule has 1 aromatic carbocycles. The fourth-order valence-corrected chi connectivity index (χ4v) is 2.91. The van der Waals surface area contributed by atoms with Crippen molar-refractivity contribution in [2.24, 2.45) is 0 Å². The molecule has 0 spiro atoms. The number of piperidine rings is 1. The van der Waals surface area contributed by atoms with E-state index in [-0.39, 0.29) is 17.7 Å². The fourth-order valence-electron chi connectivity index (χ4n) is 2.58. The van der Waals surface area contributed by atoms with E-state index in [1.54, 1.807) is 24.0 Å². The fraction of sp³-hybridized carbons (Fsp3) is 0.389. The summed E-state index contributed by atoms with van der Waals surface area (Å²) in [5.74, 6) is -0.585. The number of amides is 2. The van der Waals surface area contributed by atoms with Gasteiger partial charge in [-0.3, -0.25) is 4.79 Å². The van der Waals surface area contributed by atoms with Crippen molar-refractivity contribution in [3.8, 4) is 6.07 Å². The maximum Gasteiger partial charge on any atom is 0.409 e. The van der Waals surface area contributed by atoms with Gasteiger partial charge in [-0.15, -0.1) is 0 Å². The largest absolute Gasteiger partial charge is 0.450 e. The van der Waals surface area contributed by atoms with Gasteiger partial charge < -0.3 is 20.3 Å². The van der Waals surface area contributed by atoms with E-state index in [2.05, 4.69) is 10.6 Å². The minimum Gasteiger partial charge on any atom is -0.450 e. The Bertz CT molecular complexity index is 768. The number of ether oxygens (including phenoxy) is 1. The maximum atomic E-state index is 12.3. The van der Waals surface area contributed by atoms with Crippen LogP contribution >= 0.6 is 23.2 Å². The van der Waals surface area contributed by atoms with Gasteiger partial charge in [0.15, 0.2) is 0 Å². The summed E-state index contributed by atoms with van der Waals surface area (Å²) < 4.78 is 4.98. The molecule has 144 valence electrons. The summed E-state index contributed by atoms with van der Waals surface area (Å²) in [7, 11) is 0. The van der Waals surface area contributed by atoms with Crippen LogP contribution in [0.5, 0.6) is 0 Å². The van der Waals surface area contributed by atoms with Crippen LogP contribution in [0, 0.1) is 11.3 Å². The molecule has 27 heavy (non-hydrogen) atoms.